The van der Waals surface area contributed by atoms with E-state index in [9.17, 15) is 4.79 Å². The summed E-state index contributed by atoms with van der Waals surface area (Å²) in [4.78, 5) is 13.3. The van der Waals surface area contributed by atoms with Crippen LogP contribution in [-0.4, -0.2) is 18.8 Å². The lowest BCUT2D eigenvalue weighted by Crippen LogP contribution is -2.43. The highest BCUT2D eigenvalue weighted by Gasteiger charge is 2.46. The quantitative estimate of drug-likeness (QED) is 0.605. The zero-order chi connectivity index (χ0) is 12.3. The van der Waals surface area contributed by atoms with E-state index in [2.05, 4.69) is 30.5 Å². The zero-order valence-corrected chi connectivity index (χ0v) is 11.2. The molecule has 0 saturated heterocycles. The molecule has 0 atom stereocenters. The molecule has 1 saturated carbocycles. The van der Waals surface area contributed by atoms with E-state index in [0.29, 0.717) is 6.61 Å². The van der Waals surface area contributed by atoms with Gasteiger partial charge in [-0.15, -0.1) is 11.8 Å². The standard InChI is InChI=1S/C14H18O2S/c1-3-16-13(15)14(9-4-10-14)11-5-7-12(17-2)8-6-11/h5-8H,3-4,9-10H2,1-2H3. The summed E-state index contributed by atoms with van der Waals surface area (Å²) >= 11 is 1.72. The van der Waals surface area contributed by atoms with E-state index in [0.717, 1.165) is 24.8 Å². The Balaban J connectivity index is 2.24. The molecule has 1 aromatic rings. The number of thioether (sulfide) groups is 1. The minimum Gasteiger partial charge on any atom is -0.465 e. The van der Waals surface area contributed by atoms with E-state index in [-0.39, 0.29) is 11.4 Å². The average molecular weight is 250 g/mol. The minimum atomic E-state index is -0.354. The van der Waals surface area contributed by atoms with Crippen molar-refractivity contribution in [3.8, 4) is 0 Å². The molecule has 0 amide bonds. The second-order valence-corrected chi connectivity index (χ2v) is 5.26. The number of ether oxygens (including phenoxy) is 1. The summed E-state index contributed by atoms with van der Waals surface area (Å²) in [5.74, 6) is -0.0526. The Morgan fingerprint density at radius 3 is 2.41 bits per heavy atom. The number of benzene rings is 1. The van der Waals surface area contributed by atoms with Gasteiger partial charge in [0.05, 0.1) is 12.0 Å². The van der Waals surface area contributed by atoms with Crippen LogP contribution in [0.25, 0.3) is 0 Å². The zero-order valence-electron chi connectivity index (χ0n) is 10.4. The van der Waals surface area contributed by atoms with Crippen LogP contribution < -0.4 is 0 Å². The first-order valence-electron chi connectivity index (χ1n) is 6.04. The molecular formula is C14H18O2S. The number of carbonyl (C=O) groups excluding carboxylic acids is 1. The molecule has 1 aliphatic carbocycles. The third-order valence-electron chi connectivity index (χ3n) is 3.52. The van der Waals surface area contributed by atoms with E-state index in [1.807, 2.05) is 6.92 Å². The monoisotopic (exact) mass is 250 g/mol. The van der Waals surface area contributed by atoms with Crippen molar-refractivity contribution in [3.63, 3.8) is 0 Å². The number of hydrogen-bond donors (Lipinski definition) is 0. The first kappa shape index (κ1) is 12.5. The molecular weight excluding hydrogens is 232 g/mol. The smallest absolute Gasteiger partial charge is 0.316 e. The van der Waals surface area contributed by atoms with E-state index in [1.54, 1.807) is 11.8 Å². The van der Waals surface area contributed by atoms with E-state index >= 15 is 0 Å². The van der Waals surface area contributed by atoms with Crippen LogP contribution >= 0.6 is 11.8 Å². The third-order valence-corrected chi connectivity index (χ3v) is 4.26. The molecule has 92 valence electrons. The Hall–Kier alpha value is -0.960. The van der Waals surface area contributed by atoms with E-state index < -0.39 is 0 Å². The predicted octanol–water partition coefficient (Wildman–Crippen LogP) is 3.39. The topological polar surface area (TPSA) is 26.3 Å². The van der Waals surface area contributed by atoms with Gasteiger partial charge in [-0.25, -0.2) is 0 Å². The Kier molecular flexibility index (Phi) is 3.77. The maximum atomic E-state index is 12.1. The van der Waals surface area contributed by atoms with Crippen molar-refractivity contribution in [1.29, 1.82) is 0 Å². The molecule has 17 heavy (non-hydrogen) atoms. The highest BCUT2D eigenvalue weighted by molar-refractivity contribution is 7.98. The highest BCUT2D eigenvalue weighted by Crippen LogP contribution is 2.45. The molecule has 0 N–H and O–H groups in total. The maximum Gasteiger partial charge on any atom is 0.316 e. The van der Waals surface area contributed by atoms with Gasteiger partial charge in [0, 0.05) is 4.90 Å². The van der Waals surface area contributed by atoms with Crippen molar-refractivity contribution in [1.82, 2.24) is 0 Å². The fraction of sp³-hybridized carbons (Fsp3) is 0.500. The van der Waals surface area contributed by atoms with Crippen LogP contribution in [0, 0.1) is 0 Å². The van der Waals surface area contributed by atoms with E-state index in [4.69, 9.17) is 4.74 Å². The molecule has 0 unspecified atom stereocenters. The first-order chi connectivity index (χ1) is 8.23. The molecule has 0 bridgehead atoms. The van der Waals surface area contributed by atoms with Crippen molar-refractivity contribution in [3.05, 3.63) is 29.8 Å². The molecule has 1 aromatic carbocycles. The van der Waals surface area contributed by atoms with Crippen LogP contribution in [0.3, 0.4) is 0 Å². The SMILES string of the molecule is CCOC(=O)C1(c2ccc(SC)cc2)CCC1. The normalized spacial score (nSPS) is 17.3. The summed E-state index contributed by atoms with van der Waals surface area (Å²) in [5, 5.41) is 0. The Morgan fingerprint density at radius 2 is 2.00 bits per heavy atom. The second-order valence-electron chi connectivity index (χ2n) is 4.38. The molecule has 1 aliphatic rings. The fourth-order valence-electron chi connectivity index (χ4n) is 2.32. The Morgan fingerprint density at radius 1 is 1.35 bits per heavy atom. The second kappa shape index (κ2) is 5.13. The van der Waals surface area contributed by atoms with Gasteiger partial charge < -0.3 is 4.74 Å². The molecule has 0 aromatic heterocycles. The van der Waals surface area contributed by atoms with Gasteiger partial charge in [0.2, 0.25) is 0 Å². The lowest BCUT2D eigenvalue weighted by Gasteiger charge is -2.39. The number of rotatable bonds is 4. The summed E-state index contributed by atoms with van der Waals surface area (Å²) in [6, 6.07) is 8.31. The van der Waals surface area contributed by atoms with Gasteiger partial charge in [0.1, 0.15) is 0 Å². The van der Waals surface area contributed by atoms with Gasteiger partial charge in [-0.2, -0.15) is 0 Å². The lowest BCUT2D eigenvalue weighted by atomic mass is 9.64. The number of esters is 1. The van der Waals surface area contributed by atoms with Gasteiger partial charge in [-0.3, -0.25) is 4.79 Å². The molecule has 0 aliphatic heterocycles. The molecule has 2 nitrogen and oxygen atoms in total. The lowest BCUT2D eigenvalue weighted by molar-refractivity contribution is -0.153. The van der Waals surface area contributed by atoms with Gasteiger partial charge in [-0.05, 0) is 43.7 Å². The van der Waals surface area contributed by atoms with Gasteiger partial charge >= 0.3 is 5.97 Å². The van der Waals surface area contributed by atoms with Crippen LogP contribution in [0.5, 0.6) is 0 Å². The minimum absolute atomic E-state index is 0.0526. The van der Waals surface area contributed by atoms with Gasteiger partial charge in [0.15, 0.2) is 0 Å². The molecule has 0 spiro atoms. The van der Waals surface area contributed by atoms with Crippen LogP contribution in [0.1, 0.15) is 31.7 Å². The van der Waals surface area contributed by atoms with E-state index in [1.165, 1.54) is 4.90 Å². The highest BCUT2D eigenvalue weighted by atomic mass is 32.2. The van der Waals surface area contributed by atoms with Gasteiger partial charge in [0.25, 0.3) is 0 Å². The van der Waals surface area contributed by atoms with Crippen LogP contribution in [0.2, 0.25) is 0 Å². The van der Waals surface area contributed by atoms with Crippen LogP contribution in [0.15, 0.2) is 29.2 Å². The number of carbonyl (C=O) groups is 1. The molecule has 0 radical (unpaired) electrons. The number of hydrogen-bond acceptors (Lipinski definition) is 3. The first-order valence-corrected chi connectivity index (χ1v) is 7.27. The summed E-state index contributed by atoms with van der Waals surface area (Å²) in [7, 11) is 0. The Labute approximate surface area is 107 Å². The van der Waals surface area contributed by atoms with Crippen molar-refractivity contribution >= 4 is 17.7 Å². The molecule has 1 fully saturated rings. The van der Waals surface area contributed by atoms with Gasteiger partial charge in [-0.1, -0.05) is 18.6 Å². The third kappa shape index (κ3) is 2.21. The van der Waals surface area contributed by atoms with Crippen LogP contribution in [0.4, 0.5) is 0 Å². The fourth-order valence-corrected chi connectivity index (χ4v) is 2.73. The summed E-state index contributed by atoms with van der Waals surface area (Å²) in [5.41, 5.74) is 0.757. The predicted molar refractivity (Wildman–Crippen MR) is 70.4 cm³/mol. The van der Waals surface area contributed by atoms with Crippen molar-refractivity contribution in [2.45, 2.75) is 36.5 Å². The molecule has 0 heterocycles. The summed E-state index contributed by atoms with van der Waals surface area (Å²) in [6.45, 7) is 2.32. The maximum absolute atomic E-state index is 12.1. The van der Waals surface area contributed by atoms with Crippen LogP contribution in [-0.2, 0) is 14.9 Å². The van der Waals surface area contributed by atoms with Crippen molar-refractivity contribution in [2.75, 3.05) is 12.9 Å². The summed E-state index contributed by atoms with van der Waals surface area (Å²) < 4.78 is 5.22. The van der Waals surface area contributed by atoms with Crippen molar-refractivity contribution in [2.24, 2.45) is 0 Å². The molecule has 2 rings (SSSR count). The average Bonchev–Trinajstić information content (AvgIpc) is 2.29. The van der Waals surface area contributed by atoms with Crippen molar-refractivity contribution < 1.29 is 9.53 Å². The largest absolute Gasteiger partial charge is 0.465 e. The summed E-state index contributed by atoms with van der Waals surface area (Å²) in [6.07, 6.45) is 5.01. The molecule has 3 heteroatoms. The Bertz CT molecular complexity index is 393.